The van der Waals surface area contributed by atoms with Gasteiger partial charge in [0.1, 0.15) is 6.73 Å². The minimum absolute atomic E-state index is 0.557. The fourth-order valence-corrected chi connectivity index (χ4v) is 2.00. The second-order valence-electron chi connectivity index (χ2n) is 5.16. The summed E-state index contributed by atoms with van der Waals surface area (Å²) in [6.45, 7) is 9.04. The molecule has 1 heterocycles. The quantitative estimate of drug-likeness (QED) is 0.544. The van der Waals surface area contributed by atoms with Crippen LogP contribution in [0.1, 0.15) is 5.69 Å². The summed E-state index contributed by atoms with van der Waals surface area (Å²) < 4.78 is 12.5. The van der Waals surface area contributed by atoms with E-state index in [2.05, 4.69) is 24.6 Å². The molecule has 1 rings (SSSR count). The van der Waals surface area contributed by atoms with Gasteiger partial charge in [-0.1, -0.05) is 19.6 Å². The molecule has 0 radical (unpaired) electrons. The van der Waals surface area contributed by atoms with E-state index in [4.69, 9.17) is 9.47 Å². The van der Waals surface area contributed by atoms with Crippen molar-refractivity contribution < 1.29 is 9.47 Å². The zero-order valence-electron chi connectivity index (χ0n) is 10.7. The van der Waals surface area contributed by atoms with Crippen LogP contribution >= 0.6 is 0 Å². The lowest BCUT2D eigenvalue weighted by molar-refractivity contribution is 0.0869. The van der Waals surface area contributed by atoms with Crippen molar-refractivity contribution >= 4 is 8.07 Å². The lowest BCUT2D eigenvalue weighted by Crippen LogP contribution is -2.21. The van der Waals surface area contributed by atoms with E-state index in [1.165, 1.54) is 6.04 Å². The molecular formula is C11H22N2O2Si. The highest BCUT2D eigenvalue weighted by atomic mass is 28.3. The maximum atomic E-state index is 5.60. The van der Waals surface area contributed by atoms with Gasteiger partial charge < -0.3 is 14.0 Å². The Balaban J connectivity index is 2.21. The topological polar surface area (TPSA) is 36.3 Å². The standard InChI is InChI=1S/C11H22N2O2Si/c1-14-8-11-7-13(9-12-11)10-15-5-6-16(2,3)4/h7,9H,5-6,8,10H2,1-4H3. The number of nitrogens with zero attached hydrogens (tertiary/aromatic N) is 2. The highest BCUT2D eigenvalue weighted by Gasteiger charge is 2.11. The summed E-state index contributed by atoms with van der Waals surface area (Å²) >= 11 is 0. The van der Waals surface area contributed by atoms with Gasteiger partial charge in [0, 0.05) is 28.0 Å². The van der Waals surface area contributed by atoms with E-state index in [1.807, 2.05) is 10.8 Å². The molecule has 0 aliphatic rings. The van der Waals surface area contributed by atoms with Gasteiger partial charge in [-0.2, -0.15) is 0 Å². The van der Waals surface area contributed by atoms with Crippen molar-refractivity contribution in [1.82, 2.24) is 9.55 Å². The van der Waals surface area contributed by atoms with Gasteiger partial charge in [-0.05, 0) is 6.04 Å². The lowest BCUT2D eigenvalue weighted by Gasteiger charge is -2.15. The second kappa shape index (κ2) is 6.17. The van der Waals surface area contributed by atoms with Crippen LogP contribution in [0, 0.1) is 0 Å². The smallest absolute Gasteiger partial charge is 0.123 e. The first kappa shape index (κ1) is 13.4. The third-order valence-corrected chi connectivity index (χ3v) is 3.92. The van der Waals surface area contributed by atoms with Crippen molar-refractivity contribution in [3.63, 3.8) is 0 Å². The van der Waals surface area contributed by atoms with E-state index in [-0.39, 0.29) is 0 Å². The molecule has 16 heavy (non-hydrogen) atoms. The molecular weight excluding hydrogens is 220 g/mol. The number of aromatic nitrogens is 2. The number of methoxy groups -OCH3 is 1. The molecule has 0 N–H and O–H groups in total. The molecule has 0 atom stereocenters. The van der Waals surface area contributed by atoms with Crippen LogP contribution in [0.5, 0.6) is 0 Å². The average Bonchev–Trinajstić information content (AvgIpc) is 2.60. The van der Waals surface area contributed by atoms with Gasteiger partial charge in [-0.3, -0.25) is 0 Å². The predicted molar refractivity (Wildman–Crippen MR) is 67.0 cm³/mol. The summed E-state index contributed by atoms with van der Waals surface area (Å²) in [5.74, 6) is 0. The summed E-state index contributed by atoms with van der Waals surface area (Å²) in [7, 11) is 0.697. The number of rotatable bonds is 7. The largest absolute Gasteiger partial charge is 0.378 e. The fourth-order valence-electron chi connectivity index (χ4n) is 1.25. The van der Waals surface area contributed by atoms with Crippen molar-refractivity contribution in [2.45, 2.75) is 39.0 Å². The Labute approximate surface area is 98.6 Å². The van der Waals surface area contributed by atoms with Crippen molar-refractivity contribution in [2.24, 2.45) is 0 Å². The van der Waals surface area contributed by atoms with Gasteiger partial charge >= 0.3 is 0 Å². The molecule has 92 valence electrons. The number of hydrogen-bond acceptors (Lipinski definition) is 3. The second-order valence-corrected chi connectivity index (χ2v) is 10.8. The van der Waals surface area contributed by atoms with Crippen LogP contribution in [-0.2, 0) is 22.8 Å². The monoisotopic (exact) mass is 242 g/mol. The Morgan fingerprint density at radius 3 is 2.75 bits per heavy atom. The van der Waals surface area contributed by atoms with Crippen LogP contribution in [-0.4, -0.2) is 31.3 Å². The SMILES string of the molecule is COCc1cn(COCC[Si](C)(C)C)cn1. The molecule has 0 saturated heterocycles. The molecule has 1 aromatic heterocycles. The Morgan fingerprint density at radius 1 is 1.38 bits per heavy atom. The van der Waals surface area contributed by atoms with Crippen LogP contribution in [0.2, 0.25) is 25.7 Å². The van der Waals surface area contributed by atoms with Crippen LogP contribution in [0.3, 0.4) is 0 Å². The minimum atomic E-state index is -0.973. The normalized spacial score (nSPS) is 12.0. The van der Waals surface area contributed by atoms with E-state index < -0.39 is 8.07 Å². The maximum Gasteiger partial charge on any atom is 0.123 e. The highest BCUT2D eigenvalue weighted by molar-refractivity contribution is 6.76. The van der Waals surface area contributed by atoms with Crippen molar-refractivity contribution in [3.8, 4) is 0 Å². The van der Waals surface area contributed by atoms with Crippen LogP contribution < -0.4 is 0 Å². The van der Waals surface area contributed by atoms with Crippen LogP contribution in [0.4, 0.5) is 0 Å². The first-order valence-electron chi connectivity index (χ1n) is 5.58. The Bertz CT molecular complexity index is 307. The molecule has 4 nitrogen and oxygen atoms in total. The van der Waals surface area contributed by atoms with Crippen molar-refractivity contribution in [3.05, 3.63) is 18.2 Å². The van der Waals surface area contributed by atoms with Crippen molar-refractivity contribution in [1.29, 1.82) is 0 Å². The molecule has 0 saturated carbocycles. The molecule has 0 aliphatic heterocycles. The molecule has 1 aromatic rings. The molecule has 0 unspecified atom stereocenters. The van der Waals surface area contributed by atoms with Gasteiger partial charge in [-0.15, -0.1) is 0 Å². The first-order chi connectivity index (χ1) is 7.51. The summed E-state index contributed by atoms with van der Waals surface area (Å²) in [6, 6.07) is 1.20. The molecule has 0 spiro atoms. The summed E-state index contributed by atoms with van der Waals surface area (Å²) in [5.41, 5.74) is 0.941. The van der Waals surface area contributed by atoms with Gasteiger partial charge in [-0.25, -0.2) is 4.98 Å². The summed E-state index contributed by atoms with van der Waals surface area (Å²) in [5, 5.41) is 0. The van der Waals surface area contributed by atoms with Gasteiger partial charge in [0.05, 0.1) is 18.6 Å². The fraction of sp³-hybridized carbons (Fsp3) is 0.727. The lowest BCUT2D eigenvalue weighted by atomic mass is 10.5. The Kier molecular flexibility index (Phi) is 5.17. The van der Waals surface area contributed by atoms with Gasteiger partial charge in [0.25, 0.3) is 0 Å². The van der Waals surface area contributed by atoms with E-state index in [0.29, 0.717) is 13.3 Å². The Hall–Kier alpha value is -0.653. The molecule has 5 heteroatoms. The van der Waals surface area contributed by atoms with E-state index in [0.717, 1.165) is 12.3 Å². The molecule has 0 bridgehead atoms. The third-order valence-electron chi connectivity index (χ3n) is 2.22. The average molecular weight is 242 g/mol. The zero-order valence-corrected chi connectivity index (χ0v) is 11.7. The van der Waals surface area contributed by atoms with E-state index >= 15 is 0 Å². The van der Waals surface area contributed by atoms with Gasteiger partial charge in [0.15, 0.2) is 0 Å². The van der Waals surface area contributed by atoms with Gasteiger partial charge in [0.2, 0.25) is 0 Å². The zero-order chi connectivity index (χ0) is 12.0. The first-order valence-corrected chi connectivity index (χ1v) is 9.29. The van der Waals surface area contributed by atoms with E-state index in [9.17, 15) is 0 Å². The van der Waals surface area contributed by atoms with Crippen LogP contribution in [0.25, 0.3) is 0 Å². The van der Waals surface area contributed by atoms with Crippen LogP contribution in [0.15, 0.2) is 12.5 Å². The third kappa shape index (κ3) is 5.44. The molecule has 0 aromatic carbocycles. The highest BCUT2D eigenvalue weighted by Crippen LogP contribution is 2.08. The summed E-state index contributed by atoms with van der Waals surface area (Å²) in [4.78, 5) is 4.20. The molecule has 0 fully saturated rings. The predicted octanol–water partition coefficient (Wildman–Crippen LogP) is 2.34. The van der Waals surface area contributed by atoms with E-state index in [1.54, 1.807) is 13.4 Å². The van der Waals surface area contributed by atoms with Crippen molar-refractivity contribution in [2.75, 3.05) is 13.7 Å². The maximum absolute atomic E-state index is 5.60. The Morgan fingerprint density at radius 2 is 2.12 bits per heavy atom. The molecule has 0 aliphatic carbocycles. The molecule has 0 amide bonds. The summed E-state index contributed by atoms with van der Waals surface area (Å²) in [6.07, 6.45) is 3.74. The number of ether oxygens (including phenoxy) is 2. The minimum Gasteiger partial charge on any atom is -0.378 e. The number of hydrogen-bond donors (Lipinski definition) is 0. The number of imidazole rings is 1.